The highest BCUT2D eigenvalue weighted by Crippen LogP contribution is 2.13. The molecule has 0 saturated carbocycles. The van der Waals surface area contributed by atoms with Gasteiger partial charge in [-0.1, -0.05) is 36.4 Å². The lowest BCUT2D eigenvalue weighted by atomic mass is 10.1. The van der Waals surface area contributed by atoms with Crippen molar-refractivity contribution in [2.75, 3.05) is 33.4 Å². The summed E-state index contributed by atoms with van der Waals surface area (Å²) in [7, 11) is 1.65. The van der Waals surface area contributed by atoms with Gasteiger partial charge in [-0.05, 0) is 35.2 Å². The molecule has 5 nitrogen and oxygen atoms in total. The maximum absolute atomic E-state index is 12.1. The molecular formula is C22H28N2O3. The molecule has 1 heterocycles. The van der Waals surface area contributed by atoms with Crippen molar-refractivity contribution in [2.45, 2.75) is 25.9 Å². The van der Waals surface area contributed by atoms with Crippen LogP contribution >= 0.6 is 0 Å². The zero-order chi connectivity index (χ0) is 18.9. The molecule has 1 saturated heterocycles. The van der Waals surface area contributed by atoms with Crippen LogP contribution in [0.15, 0.2) is 48.5 Å². The first-order chi connectivity index (χ1) is 13.2. The van der Waals surface area contributed by atoms with Crippen LogP contribution in [0, 0.1) is 0 Å². The Morgan fingerprint density at radius 2 is 1.63 bits per heavy atom. The monoisotopic (exact) mass is 368 g/mol. The van der Waals surface area contributed by atoms with Crippen LogP contribution in [0.2, 0.25) is 0 Å². The Hall–Kier alpha value is -2.37. The van der Waals surface area contributed by atoms with Crippen LogP contribution < -0.4 is 10.1 Å². The minimum absolute atomic E-state index is 0.0724. The molecule has 1 aliphatic heterocycles. The number of benzene rings is 2. The molecule has 1 amide bonds. The average Bonchev–Trinajstić information content (AvgIpc) is 2.73. The number of methoxy groups -OCH3 is 1. The number of ether oxygens (including phenoxy) is 2. The normalized spacial score (nSPS) is 14.7. The minimum atomic E-state index is 0.0724. The van der Waals surface area contributed by atoms with Gasteiger partial charge in [-0.25, -0.2) is 0 Å². The molecule has 0 radical (unpaired) electrons. The van der Waals surface area contributed by atoms with Gasteiger partial charge in [0, 0.05) is 32.6 Å². The fourth-order valence-corrected chi connectivity index (χ4v) is 3.12. The Kier molecular flexibility index (Phi) is 7.25. The van der Waals surface area contributed by atoms with Crippen molar-refractivity contribution < 1.29 is 14.3 Å². The summed E-state index contributed by atoms with van der Waals surface area (Å²) >= 11 is 0. The van der Waals surface area contributed by atoms with E-state index in [0.29, 0.717) is 13.0 Å². The first kappa shape index (κ1) is 19.4. The summed E-state index contributed by atoms with van der Waals surface area (Å²) in [6, 6.07) is 16.3. The van der Waals surface area contributed by atoms with Gasteiger partial charge in [0.15, 0.2) is 0 Å². The second kappa shape index (κ2) is 10.1. The number of hydrogen-bond donors (Lipinski definition) is 1. The fourth-order valence-electron chi connectivity index (χ4n) is 3.12. The highest BCUT2D eigenvalue weighted by Gasteiger charge is 2.10. The van der Waals surface area contributed by atoms with Gasteiger partial charge in [-0.3, -0.25) is 9.69 Å². The highest BCUT2D eigenvalue weighted by molar-refractivity contribution is 5.76. The van der Waals surface area contributed by atoms with Gasteiger partial charge in [0.1, 0.15) is 5.75 Å². The van der Waals surface area contributed by atoms with E-state index in [9.17, 15) is 4.79 Å². The van der Waals surface area contributed by atoms with E-state index < -0.39 is 0 Å². The van der Waals surface area contributed by atoms with Crippen LogP contribution in [0.3, 0.4) is 0 Å². The number of carbonyl (C=O) groups is 1. The molecule has 5 heteroatoms. The number of carbonyl (C=O) groups excluding carboxylic acids is 1. The van der Waals surface area contributed by atoms with Crippen LogP contribution in [-0.2, 0) is 29.0 Å². The van der Waals surface area contributed by atoms with Crippen LogP contribution in [0.4, 0.5) is 0 Å². The van der Waals surface area contributed by atoms with Crippen LogP contribution in [0.1, 0.15) is 23.1 Å². The molecule has 0 bridgehead atoms. The molecular weight excluding hydrogens is 340 g/mol. The number of nitrogens with one attached hydrogen (secondary N) is 1. The lowest BCUT2D eigenvalue weighted by Gasteiger charge is -2.26. The maximum Gasteiger partial charge on any atom is 0.220 e. The largest absolute Gasteiger partial charge is 0.497 e. The Morgan fingerprint density at radius 1 is 1.00 bits per heavy atom. The summed E-state index contributed by atoms with van der Waals surface area (Å²) in [6.45, 7) is 5.15. The van der Waals surface area contributed by atoms with Crippen molar-refractivity contribution >= 4 is 5.91 Å². The molecule has 2 aromatic rings. The van der Waals surface area contributed by atoms with E-state index in [2.05, 4.69) is 34.5 Å². The number of nitrogens with zero attached hydrogens (tertiary/aromatic N) is 1. The Balaban J connectivity index is 1.38. The third-order valence-electron chi connectivity index (χ3n) is 4.82. The summed E-state index contributed by atoms with van der Waals surface area (Å²) in [4.78, 5) is 14.5. The molecule has 3 rings (SSSR count). The van der Waals surface area contributed by atoms with E-state index in [-0.39, 0.29) is 5.91 Å². The topological polar surface area (TPSA) is 50.8 Å². The average molecular weight is 368 g/mol. The van der Waals surface area contributed by atoms with Gasteiger partial charge in [-0.2, -0.15) is 0 Å². The van der Waals surface area contributed by atoms with Crippen molar-refractivity contribution in [1.82, 2.24) is 10.2 Å². The van der Waals surface area contributed by atoms with E-state index in [0.717, 1.165) is 56.1 Å². The standard InChI is InChI=1S/C22H28N2O3/c1-26-21-9-6-18(7-10-21)8-11-22(25)23-16-19-2-4-20(5-3-19)17-24-12-14-27-15-13-24/h2-7,9-10H,8,11-17H2,1H3,(H,23,25). The number of morpholine rings is 1. The third-order valence-corrected chi connectivity index (χ3v) is 4.82. The van der Waals surface area contributed by atoms with Gasteiger partial charge in [0.2, 0.25) is 5.91 Å². The van der Waals surface area contributed by atoms with Gasteiger partial charge < -0.3 is 14.8 Å². The molecule has 1 fully saturated rings. The lowest BCUT2D eigenvalue weighted by Crippen LogP contribution is -2.35. The van der Waals surface area contributed by atoms with E-state index in [1.165, 1.54) is 5.56 Å². The third kappa shape index (κ3) is 6.38. The van der Waals surface area contributed by atoms with Crippen molar-refractivity contribution in [3.05, 3.63) is 65.2 Å². The predicted molar refractivity (Wildman–Crippen MR) is 106 cm³/mol. The molecule has 144 valence electrons. The van der Waals surface area contributed by atoms with Crippen molar-refractivity contribution in [3.63, 3.8) is 0 Å². The lowest BCUT2D eigenvalue weighted by molar-refractivity contribution is -0.121. The maximum atomic E-state index is 12.1. The summed E-state index contributed by atoms with van der Waals surface area (Å²) in [5.41, 5.74) is 3.56. The van der Waals surface area contributed by atoms with E-state index in [1.54, 1.807) is 7.11 Å². The van der Waals surface area contributed by atoms with Crippen LogP contribution in [0.25, 0.3) is 0 Å². The Bertz CT molecular complexity index is 707. The van der Waals surface area contributed by atoms with Gasteiger partial charge in [0.25, 0.3) is 0 Å². The summed E-state index contributed by atoms with van der Waals surface area (Å²) < 4.78 is 10.5. The van der Waals surface area contributed by atoms with Crippen molar-refractivity contribution in [1.29, 1.82) is 0 Å². The van der Waals surface area contributed by atoms with E-state index in [4.69, 9.17) is 9.47 Å². The molecule has 0 spiro atoms. The SMILES string of the molecule is COc1ccc(CCC(=O)NCc2ccc(CN3CCOCC3)cc2)cc1. The number of rotatable bonds is 8. The van der Waals surface area contributed by atoms with E-state index >= 15 is 0 Å². The molecule has 0 atom stereocenters. The van der Waals surface area contributed by atoms with E-state index in [1.807, 2.05) is 24.3 Å². The zero-order valence-corrected chi connectivity index (χ0v) is 15.9. The quantitative estimate of drug-likeness (QED) is 0.778. The van der Waals surface area contributed by atoms with Crippen molar-refractivity contribution in [3.8, 4) is 5.75 Å². The van der Waals surface area contributed by atoms with Gasteiger partial charge in [0.05, 0.1) is 20.3 Å². The zero-order valence-electron chi connectivity index (χ0n) is 15.9. The van der Waals surface area contributed by atoms with Gasteiger partial charge >= 0.3 is 0 Å². The number of amides is 1. The molecule has 1 N–H and O–H groups in total. The summed E-state index contributed by atoms with van der Waals surface area (Å²) in [6.07, 6.45) is 1.22. The van der Waals surface area contributed by atoms with Gasteiger partial charge in [-0.15, -0.1) is 0 Å². The first-order valence-corrected chi connectivity index (χ1v) is 9.50. The second-order valence-electron chi connectivity index (χ2n) is 6.83. The molecule has 0 unspecified atom stereocenters. The molecule has 2 aromatic carbocycles. The smallest absolute Gasteiger partial charge is 0.220 e. The number of aryl methyl sites for hydroxylation is 1. The highest BCUT2D eigenvalue weighted by atomic mass is 16.5. The molecule has 0 aromatic heterocycles. The minimum Gasteiger partial charge on any atom is -0.497 e. The van der Waals surface area contributed by atoms with Crippen LogP contribution in [-0.4, -0.2) is 44.2 Å². The van der Waals surface area contributed by atoms with Crippen LogP contribution in [0.5, 0.6) is 5.75 Å². The number of hydrogen-bond acceptors (Lipinski definition) is 4. The van der Waals surface area contributed by atoms with Crippen molar-refractivity contribution in [2.24, 2.45) is 0 Å². The first-order valence-electron chi connectivity index (χ1n) is 9.50. The molecule has 27 heavy (non-hydrogen) atoms. The second-order valence-corrected chi connectivity index (χ2v) is 6.83. The fraction of sp³-hybridized carbons (Fsp3) is 0.409. The molecule has 1 aliphatic rings. The summed E-state index contributed by atoms with van der Waals surface area (Å²) in [5.74, 6) is 0.906. The summed E-state index contributed by atoms with van der Waals surface area (Å²) in [5, 5.41) is 3.00. The predicted octanol–water partition coefficient (Wildman–Crippen LogP) is 2.78. The Labute approximate surface area is 161 Å². The Morgan fingerprint density at radius 3 is 2.30 bits per heavy atom. The molecule has 0 aliphatic carbocycles.